The van der Waals surface area contributed by atoms with Crippen molar-refractivity contribution in [2.24, 2.45) is 0 Å². The second-order valence-electron chi connectivity index (χ2n) is 4.30. The fraction of sp³-hybridized carbons (Fsp3) is 0.214. The molecular weight excluding hydrogens is 366 g/mol. The molecule has 1 unspecified atom stereocenters. The van der Waals surface area contributed by atoms with Crippen LogP contribution in [0.25, 0.3) is 0 Å². The zero-order chi connectivity index (χ0) is 14.7. The van der Waals surface area contributed by atoms with E-state index >= 15 is 0 Å². The molecule has 1 aromatic carbocycles. The van der Waals surface area contributed by atoms with Crippen LogP contribution in [0.15, 0.2) is 34.9 Å². The summed E-state index contributed by atoms with van der Waals surface area (Å²) in [7, 11) is 1.83. The van der Waals surface area contributed by atoms with Gasteiger partial charge in [0.15, 0.2) is 0 Å². The van der Waals surface area contributed by atoms with Crippen LogP contribution in [0.4, 0.5) is 4.39 Å². The van der Waals surface area contributed by atoms with Crippen molar-refractivity contribution in [2.75, 3.05) is 7.05 Å². The Kier molecular flexibility index (Phi) is 5.38. The fourth-order valence-corrected chi connectivity index (χ4v) is 2.95. The largest absolute Gasteiger partial charge is 0.311 e. The molecule has 2 nitrogen and oxygen atoms in total. The van der Waals surface area contributed by atoms with Crippen LogP contribution in [-0.4, -0.2) is 12.0 Å². The third-order valence-corrected chi connectivity index (χ3v) is 4.20. The maximum Gasteiger partial charge on any atom is 0.124 e. The number of aromatic nitrogens is 1. The van der Waals surface area contributed by atoms with Crippen molar-refractivity contribution in [1.82, 2.24) is 10.3 Å². The van der Waals surface area contributed by atoms with Gasteiger partial charge >= 0.3 is 0 Å². The minimum Gasteiger partial charge on any atom is -0.311 e. The zero-order valence-corrected chi connectivity index (χ0v) is 13.7. The van der Waals surface area contributed by atoms with Gasteiger partial charge in [0, 0.05) is 10.7 Å². The van der Waals surface area contributed by atoms with Crippen molar-refractivity contribution in [3.63, 3.8) is 0 Å². The first-order chi connectivity index (χ1) is 9.51. The number of pyridine rings is 1. The maximum absolute atomic E-state index is 13.1. The van der Waals surface area contributed by atoms with Gasteiger partial charge in [-0.05, 0) is 37.2 Å². The number of likely N-dealkylation sites (N-methyl/N-ethyl adjacent to an activating group) is 1. The first kappa shape index (κ1) is 15.7. The van der Waals surface area contributed by atoms with Crippen LogP contribution < -0.4 is 5.32 Å². The lowest BCUT2D eigenvalue weighted by Crippen LogP contribution is -2.20. The van der Waals surface area contributed by atoms with Gasteiger partial charge in [-0.15, -0.1) is 0 Å². The highest BCUT2D eigenvalue weighted by Gasteiger charge is 2.17. The van der Waals surface area contributed by atoms with Crippen molar-refractivity contribution in [3.8, 4) is 0 Å². The second-order valence-corrected chi connectivity index (χ2v) is 6.00. The van der Waals surface area contributed by atoms with E-state index in [-0.39, 0.29) is 11.9 Å². The molecule has 0 bridgehead atoms. The third kappa shape index (κ3) is 3.70. The summed E-state index contributed by atoms with van der Waals surface area (Å²) in [6.07, 6.45) is 2.19. The topological polar surface area (TPSA) is 24.9 Å². The Morgan fingerprint density at radius 1 is 1.35 bits per heavy atom. The molecule has 1 N–H and O–H groups in total. The minimum absolute atomic E-state index is 0.0819. The monoisotopic (exact) mass is 376 g/mol. The first-order valence-corrected chi connectivity index (χ1v) is 7.48. The van der Waals surface area contributed by atoms with Crippen LogP contribution in [0.5, 0.6) is 0 Å². The van der Waals surface area contributed by atoms with Crippen molar-refractivity contribution in [1.29, 1.82) is 0 Å². The highest BCUT2D eigenvalue weighted by atomic mass is 79.9. The summed E-state index contributed by atoms with van der Waals surface area (Å²) in [6, 6.07) is 6.20. The van der Waals surface area contributed by atoms with Crippen LogP contribution in [0.2, 0.25) is 10.0 Å². The Morgan fingerprint density at radius 3 is 2.70 bits per heavy atom. The Bertz CT molecular complexity index is 622. The van der Waals surface area contributed by atoms with E-state index in [1.165, 1.54) is 12.1 Å². The summed E-state index contributed by atoms with van der Waals surface area (Å²) in [5.74, 6) is -0.274. The molecule has 0 aliphatic carbocycles. The molecule has 2 aromatic rings. The summed E-state index contributed by atoms with van der Waals surface area (Å²) in [6.45, 7) is 0. The SMILES string of the molecule is CNC(Cc1ccc(F)cc1Br)c1ncc(Cl)cc1Cl. The molecule has 0 aliphatic heterocycles. The highest BCUT2D eigenvalue weighted by Crippen LogP contribution is 2.28. The molecule has 0 saturated carbocycles. The van der Waals surface area contributed by atoms with Crippen molar-refractivity contribution >= 4 is 39.1 Å². The molecule has 0 fully saturated rings. The number of nitrogens with zero attached hydrogens (tertiary/aromatic N) is 1. The van der Waals surface area contributed by atoms with E-state index in [0.717, 1.165) is 15.7 Å². The van der Waals surface area contributed by atoms with Gasteiger partial charge in [0.25, 0.3) is 0 Å². The zero-order valence-electron chi connectivity index (χ0n) is 10.6. The molecule has 6 heteroatoms. The highest BCUT2D eigenvalue weighted by molar-refractivity contribution is 9.10. The van der Waals surface area contributed by atoms with E-state index in [2.05, 4.69) is 26.2 Å². The number of rotatable bonds is 4. The molecule has 20 heavy (non-hydrogen) atoms. The second kappa shape index (κ2) is 6.85. The molecule has 106 valence electrons. The molecule has 0 spiro atoms. The van der Waals surface area contributed by atoms with E-state index in [4.69, 9.17) is 23.2 Å². The molecule has 1 aromatic heterocycles. The number of hydrogen-bond donors (Lipinski definition) is 1. The van der Waals surface area contributed by atoms with Crippen LogP contribution >= 0.6 is 39.1 Å². The van der Waals surface area contributed by atoms with Crippen molar-refractivity contribution < 1.29 is 4.39 Å². The lowest BCUT2D eigenvalue weighted by atomic mass is 10.0. The number of benzene rings is 1. The smallest absolute Gasteiger partial charge is 0.124 e. The summed E-state index contributed by atoms with van der Waals surface area (Å²) in [5.41, 5.74) is 1.69. The molecule has 0 aliphatic rings. The van der Waals surface area contributed by atoms with Crippen molar-refractivity contribution in [2.45, 2.75) is 12.5 Å². The molecule has 1 heterocycles. The average Bonchev–Trinajstić information content (AvgIpc) is 2.39. The fourth-order valence-electron chi connectivity index (χ4n) is 1.92. The predicted octanol–water partition coefficient (Wildman–Crippen LogP) is 4.79. The van der Waals surface area contributed by atoms with Gasteiger partial charge < -0.3 is 5.32 Å². The minimum atomic E-state index is -0.274. The molecule has 1 atom stereocenters. The molecular formula is C14H12BrCl2FN2. The molecule has 0 radical (unpaired) electrons. The Hall–Kier alpha value is -0.680. The number of halogens is 4. The molecule has 0 amide bonds. The van der Waals surface area contributed by atoms with E-state index < -0.39 is 0 Å². The molecule has 0 saturated heterocycles. The summed E-state index contributed by atoms with van der Waals surface area (Å²) in [5, 5.41) is 4.17. The summed E-state index contributed by atoms with van der Waals surface area (Å²) in [4.78, 5) is 4.28. The van der Waals surface area contributed by atoms with Crippen LogP contribution in [0, 0.1) is 5.82 Å². The Labute approximate surface area is 135 Å². The van der Waals surface area contributed by atoms with Gasteiger partial charge in [-0.1, -0.05) is 45.2 Å². The number of hydrogen-bond acceptors (Lipinski definition) is 2. The summed E-state index contributed by atoms with van der Waals surface area (Å²) >= 11 is 15.4. The third-order valence-electron chi connectivity index (χ3n) is 2.95. The van der Waals surface area contributed by atoms with Crippen LogP contribution in [0.1, 0.15) is 17.3 Å². The van der Waals surface area contributed by atoms with E-state index in [1.54, 1.807) is 18.3 Å². The lowest BCUT2D eigenvalue weighted by Gasteiger charge is -2.18. The van der Waals surface area contributed by atoms with E-state index in [1.807, 2.05) is 7.05 Å². The average molecular weight is 378 g/mol. The van der Waals surface area contributed by atoms with Crippen LogP contribution in [0.3, 0.4) is 0 Å². The Morgan fingerprint density at radius 2 is 2.10 bits per heavy atom. The quantitative estimate of drug-likeness (QED) is 0.828. The summed E-state index contributed by atoms with van der Waals surface area (Å²) < 4.78 is 13.8. The van der Waals surface area contributed by atoms with E-state index in [9.17, 15) is 4.39 Å². The van der Waals surface area contributed by atoms with Crippen molar-refractivity contribution in [3.05, 3.63) is 62.1 Å². The van der Waals surface area contributed by atoms with Crippen LogP contribution in [-0.2, 0) is 6.42 Å². The predicted molar refractivity (Wildman–Crippen MR) is 83.9 cm³/mol. The maximum atomic E-state index is 13.1. The number of nitrogens with one attached hydrogen (secondary N) is 1. The van der Waals surface area contributed by atoms with Gasteiger partial charge in [-0.25, -0.2) is 4.39 Å². The molecule has 2 rings (SSSR count). The van der Waals surface area contributed by atoms with Gasteiger partial charge in [0.05, 0.1) is 21.8 Å². The lowest BCUT2D eigenvalue weighted by molar-refractivity contribution is 0.573. The van der Waals surface area contributed by atoms with E-state index in [0.29, 0.717) is 16.5 Å². The Balaban J connectivity index is 2.28. The van der Waals surface area contributed by atoms with Gasteiger partial charge in [-0.3, -0.25) is 4.98 Å². The van der Waals surface area contributed by atoms with Gasteiger partial charge in [0.2, 0.25) is 0 Å². The first-order valence-electron chi connectivity index (χ1n) is 5.93. The van der Waals surface area contributed by atoms with Gasteiger partial charge in [0.1, 0.15) is 5.82 Å². The van der Waals surface area contributed by atoms with Gasteiger partial charge in [-0.2, -0.15) is 0 Å². The normalized spacial score (nSPS) is 12.4. The standard InChI is InChI=1S/C14H12BrCl2FN2/c1-19-13(14-12(17)5-9(16)7-20-14)4-8-2-3-10(18)6-11(8)15/h2-3,5-7,13,19H,4H2,1H3.